The molecule has 0 radical (unpaired) electrons. The first-order valence-electron chi connectivity index (χ1n) is 9.84. The number of aromatic amines is 1. The number of nitrogens with one attached hydrogen (secondary N) is 1. The van der Waals surface area contributed by atoms with Crippen molar-refractivity contribution in [3.8, 4) is 22.5 Å². The summed E-state index contributed by atoms with van der Waals surface area (Å²) < 4.78 is 0. The van der Waals surface area contributed by atoms with Gasteiger partial charge in [0.15, 0.2) is 5.69 Å². The fraction of sp³-hybridized carbons (Fsp3) is 0.0833. The number of aryl methyl sites for hydroxylation is 2. The average Bonchev–Trinajstić information content (AvgIpc) is 3.16. The molecule has 0 spiro atoms. The Morgan fingerprint density at radius 3 is 2.45 bits per heavy atom. The fourth-order valence-electron chi connectivity index (χ4n) is 3.99. The van der Waals surface area contributed by atoms with Gasteiger partial charge >= 0.3 is 0 Å². The van der Waals surface area contributed by atoms with Crippen molar-refractivity contribution in [2.45, 2.75) is 13.8 Å². The summed E-state index contributed by atoms with van der Waals surface area (Å²) >= 11 is 0. The molecule has 2 aromatic heterocycles. The first-order chi connectivity index (χ1) is 14.9. The molecule has 5 N–H and O–H groups in total. The summed E-state index contributed by atoms with van der Waals surface area (Å²) in [6, 6.07) is 18.0. The van der Waals surface area contributed by atoms with Crippen LogP contribution in [0, 0.1) is 13.8 Å². The van der Waals surface area contributed by atoms with Gasteiger partial charge in [0.25, 0.3) is 5.91 Å². The molecule has 0 aliphatic carbocycles. The van der Waals surface area contributed by atoms with Crippen molar-refractivity contribution in [1.29, 1.82) is 0 Å². The Morgan fingerprint density at radius 2 is 1.71 bits per heavy atom. The summed E-state index contributed by atoms with van der Waals surface area (Å²) in [5.74, 6) is 0.127. The Hall–Kier alpha value is -4.26. The normalized spacial score (nSPS) is 11.3. The lowest BCUT2D eigenvalue weighted by atomic mass is 10.0. The van der Waals surface area contributed by atoms with Gasteiger partial charge in [-0.05, 0) is 43.7 Å². The number of H-pyrrole nitrogens is 1. The number of anilines is 1. The highest BCUT2D eigenvalue weighted by molar-refractivity contribution is 6.07. The van der Waals surface area contributed by atoms with E-state index in [4.69, 9.17) is 16.5 Å². The molecule has 0 aliphatic rings. The van der Waals surface area contributed by atoms with Gasteiger partial charge in [-0.1, -0.05) is 41.5 Å². The first kappa shape index (κ1) is 18.7. The second-order valence-electron chi connectivity index (χ2n) is 7.72. The Kier molecular flexibility index (Phi) is 4.18. The maximum atomic E-state index is 11.6. The number of nitrogens with zero attached hydrogens (tertiary/aromatic N) is 3. The van der Waals surface area contributed by atoms with Gasteiger partial charge in [-0.25, -0.2) is 4.98 Å². The van der Waals surface area contributed by atoms with Crippen LogP contribution in [-0.2, 0) is 0 Å². The van der Waals surface area contributed by atoms with Crippen molar-refractivity contribution in [1.82, 2.24) is 20.2 Å². The van der Waals surface area contributed by atoms with E-state index in [0.717, 1.165) is 33.5 Å². The van der Waals surface area contributed by atoms with Gasteiger partial charge in [0, 0.05) is 16.5 Å². The smallest absolute Gasteiger partial charge is 0.271 e. The highest BCUT2D eigenvalue weighted by Gasteiger charge is 2.16. The zero-order valence-electron chi connectivity index (χ0n) is 17.1. The number of hydrogen-bond donors (Lipinski definition) is 3. The summed E-state index contributed by atoms with van der Waals surface area (Å²) in [7, 11) is 0. The molecule has 0 atom stereocenters. The SMILES string of the molecule is Cc1cc(C)cc(-c2nc3ccc(-c4cccc5c(N)c(C(N)=O)nnc45)cc3[nH]2)c1. The van der Waals surface area contributed by atoms with Crippen LogP contribution < -0.4 is 11.5 Å². The lowest BCUT2D eigenvalue weighted by Crippen LogP contribution is -2.16. The van der Waals surface area contributed by atoms with Crippen molar-refractivity contribution in [3.63, 3.8) is 0 Å². The Bertz CT molecular complexity index is 1480. The number of benzene rings is 3. The van der Waals surface area contributed by atoms with Gasteiger partial charge in [-0.2, -0.15) is 0 Å². The zero-order valence-corrected chi connectivity index (χ0v) is 17.1. The third-order valence-corrected chi connectivity index (χ3v) is 5.35. The first-order valence-corrected chi connectivity index (χ1v) is 9.84. The molecule has 31 heavy (non-hydrogen) atoms. The molecule has 5 rings (SSSR count). The Labute approximate surface area is 178 Å². The summed E-state index contributed by atoms with van der Waals surface area (Å²) in [5, 5.41) is 8.82. The minimum atomic E-state index is -0.699. The van der Waals surface area contributed by atoms with Gasteiger partial charge in [0.05, 0.1) is 16.7 Å². The van der Waals surface area contributed by atoms with Crippen molar-refractivity contribution in [2.24, 2.45) is 5.73 Å². The number of nitrogens with two attached hydrogens (primary N) is 2. The lowest BCUT2D eigenvalue weighted by molar-refractivity contribution is 0.0996. The van der Waals surface area contributed by atoms with Gasteiger partial charge in [0.1, 0.15) is 11.3 Å². The number of hydrogen-bond acceptors (Lipinski definition) is 5. The van der Waals surface area contributed by atoms with E-state index in [0.29, 0.717) is 10.9 Å². The molecule has 0 unspecified atom stereocenters. The highest BCUT2D eigenvalue weighted by atomic mass is 16.1. The lowest BCUT2D eigenvalue weighted by Gasteiger charge is -2.09. The number of primary amides is 1. The van der Waals surface area contributed by atoms with E-state index in [1.165, 1.54) is 11.1 Å². The van der Waals surface area contributed by atoms with Crippen LogP contribution in [0.2, 0.25) is 0 Å². The topological polar surface area (TPSA) is 124 Å². The summed E-state index contributed by atoms with van der Waals surface area (Å²) in [6.07, 6.45) is 0. The number of carbonyl (C=O) groups excluding carboxylic acids is 1. The monoisotopic (exact) mass is 408 g/mol. The number of aromatic nitrogens is 4. The maximum Gasteiger partial charge on any atom is 0.271 e. The molecule has 3 aromatic carbocycles. The number of amides is 1. The molecule has 7 heteroatoms. The zero-order chi connectivity index (χ0) is 21.7. The van der Waals surface area contributed by atoms with Crippen molar-refractivity contribution < 1.29 is 4.79 Å². The van der Waals surface area contributed by atoms with E-state index >= 15 is 0 Å². The molecule has 0 fully saturated rings. The molecule has 0 bridgehead atoms. The predicted octanol–water partition coefficient (Wildman–Crippen LogP) is 4.14. The van der Waals surface area contributed by atoms with Crippen LogP contribution in [0.5, 0.6) is 0 Å². The van der Waals surface area contributed by atoms with E-state index < -0.39 is 5.91 Å². The van der Waals surface area contributed by atoms with Crippen LogP contribution in [0.15, 0.2) is 54.6 Å². The van der Waals surface area contributed by atoms with Gasteiger partial charge < -0.3 is 16.5 Å². The number of nitrogen functional groups attached to an aromatic ring is 1. The summed E-state index contributed by atoms with van der Waals surface area (Å²) in [5.41, 5.74) is 19.3. The van der Waals surface area contributed by atoms with E-state index in [2.05, 4.69) is 47.2 Å². The van der Waals surface area contributed by atoms with Crippen molar-refractivity contribution in [2.75, 3.05) is 5.73 Å². The fourth-order valence-corrected chi connectivity index (χ4v) is 3.99. The van der Waals surface area contributed by atoms with E-state index in [1.807, 2.05) is 36.4 Å². The largest absolute Gasteiger partial charge is 0.396 e. The number of fused-ring (bicyclic) bond motifs is 2. The van der Waals surface area contributed by atoms with E-state index in [-0.39, 0.29) is 11.4 Å². The van der Waals surface area contributed by atoms with Crippen LogP contribution in [0.25, 0.3) is 44.5 Å². The average molecular weight is 408 g/mol. The molecule has 7 nitrogen and oxygen atoms in total. The van der Waals surface area contributed by atoms with Crippen LogP contribution in [0.3, 0.4) is 0 Å². The van der Waals surface area contributed by atoms with Crippen LogP contribution in [-0.4, -0.2) is 26.1 Å². The van der Waals surface area contributed by atoms with Crippen molar-refractivity contribution in [3.05, 3.63) is 71.4 Å². The maximum absolute atomic E-state index is 11.6. The van der Waals surface area contributed by atoms with Gasteiger partial charge in [-0.15, -0.1) is 10.2 Å². The molecular weight excluding hydrogens is 388 g/mol. The van der Waals surface area contributed by atoms with Crippen LogP contribution >= 0.6 is 0 Å². The van der Waals surface area contributed by atoms with Gasteiger partial charge in [0.2, 0.25) is 0 Å². The standard InChI is InChI=1S/C24H20N6O/c1-12-8-13(2)10-15(9-12)24-27-18-7-6-14(11-19(18)28-24)16-4-3-5-17-20(25)22(23(26)31)30-29-21(16)17/h3-11H,1-2H3,(H2,25,29)(H2,26,31)(H,27,28). The summed E-state index contributed by atoms with van der Waals surface area (Å²) in [4.78, 5) is 19.7. The summed E-state index contributed by atoms with van der Waals surface area (Å²) in [6.45, 7) is 4.16. The minimum Gasteiger partial charge on any atom is -0.396 e. The minimum absolute atomic E-state index is 0.0215. The third-order valence-electron chi connectivity index (χ3n) is 5.35. The molecular formula is C24H20N6O. The van der Waals surface area contributed by atoms with Crippen LogP contribution in [0.1, 0.15) is 21.6 Å². The molecule has 0 saturated carbocycles. The highest BCUT2D eigenvalue weighted by Crippen LogP contribution is 2.32. The Morgan fingerprint density at radius 1 is 0.935 bits per heavy atom. The second kappa shape index (κ2) is 6.91. The molecule has 0 aliphatic heterocycles. The second-order valence-corrected chi connectivity index (χ2v) is 7.72. The quantitative estimate of drug-likeness (QED) is 0.414. The number of carbonyl (C=O) groups is 1. The predicted molar refractivity (Wildman–Crippen MR) is 122 cm³/mol. The molecule has 1 amide bonds. The molecule has 2 heterocycles. The number of rotatable bonds is 3. The van der Waals surface area contributed by atoms with Crippen molar-refractivity contribution >= 4 is 33.5 Å². The van der Waals surface area contributed by atoms with Crippen LogP contribution in [0.4, 0.5) is 5.69 Å². The molecule has 5 aromatic rings. The Balaban J connectivity index is 1.65. The molecule has 0 saturated heterocycles. The van der Waals surface area contributed by atoms with E-state index in [9.17, 15) is 4.79 Å². The third kappa shape index (κ3) is 3.16. The van der Waals surface area contributed by atoms with E-state index in [1.54, 1.807) is 0 Å². The van der Waals surface area contributed by atoms with Gasteiger partial charge in [-0.3, -0.25) is 4.79 Å². The number of imidazole rings is 1. The molecule has 152 valence electrons.